The zero-order chi connectivity index (χ0) is 10.5. The van der Waals surface area contributed by atoms with Crippen LogP contribution in [0, 0.1) is 0 Å². The Morgan fingerprint density at radius 3 is 2.67 bits per heavy atom. The maximum absolute atomic E-state index is 5.76. The van der Waals surface area contributed by atoms with Gasteiger partial charge < -0.3 is 11.1 Å². The summed E-state index contributed by atoms with van der Waals surface area (Å²) in [6.45, 7) is 0. The largest absolute Gasteiger partial charge is 0.356 e. The van der Waals surface area contributed by atoms with Gasteiger partial charge in [0.2, 0.25) is 0 Å². The predicted molar refractivity (Wildman–Crippen MR) is 64.4 cm³/mol. The van der Waals surface area contributed by atoms with Gasteiger partial charge in [0.1, 0.15) is 0 Å². The van der Waals surface area contributed by atoms with Crippen LogP contribution in [0.4, 0.5) is 5.69 Å². The van der Waals surface area contributed by atoms with Crippen molar-refractivity contribution < 1.29 is 0 Å². The van der Waals surface area contributed by atoms with Crippen LogP contribution in [0.5, 0.6) is 0 Å². The molecule has 0 radical (unpaired) electrons. The second kappa shape index (κ2) is 4.62. The molecule has 1 unspecified atom stereocenters. The molecule has 2 nitrogen and oxygen atoms in total. The van der Waals surface area contributed by atoms with Crippen LogP contribution >= 0.6 is 0 Å². The van der Waals surface area contributed by atoms with E-state index < -0.39 is 0 Å². The molecule has 0 bridgehead atoms. The summed E-state index contributed by atoms with van der Waals surface area (Å²) in [6, 6.07) is 10.1. The van der Waals surface area contributed by atoms with Crippen molar-refractivity contribution in [2.75, 3.05) is 5.32 Å². The highest BCUT2D eigenvalue weighted by Gasteiger charge is 1.97. The molecule has 0 saturated heterocycles. The first kappa shape index (κ1) is 9.74. The predicted octanol–water partition coefficient (Wildman–Crippen LogP) is 2.44. The van der Waals surface area contributed by atoms with Crippen molar-refractivity contribution in [3.63, 3.8) is 0 Å². The molecule has 3 N–H and O–H groups in total. The zero-order valence-electron chi connectivity index (χ0n) is 8.43. The van der Waals surface area contributed by atoms with Gasteiger partial charge in [-0.3, -0.25) is 0 Å². The Bertz CT molecular complexity index is 402. The Hall–Kier alpha value is -1.80. The lowest BCUT2D eigenvalue weighted by Crippen LogP contribution is -2.12. The molecule has 0 aliphatic heterocycles. The molecule has 1 atom stereocenters. The van der Waals surface area contributed by atoms with E-state index in [-0.39, 0.29) is 6.04 Å². The normalized spacial score (nSPS) is 19.5. The van der Waals surface area contributed by atoms with E-state index in [1.54, 1.807) is 0 Å². The number of nitrogens with one attached hydrogen (secondary N) is 1. The minimum absolute atomic E-state index is 0.0105. The Kier molecular flexibility index (Phi) is 3.00. The molecule has 2 heteroatoms. The SMILES string of the molecule is NC1C=CC=C(Nc2ccccc2)C=C1. The molecular formula is C13H14N2. The number of hydrogen-bond acceptors (Lipinski definition) is 2. The van der Waals surface area contributed by atoms with Gasteiger partial charge in [0, 0.05) is 17.4 Å². The molecule has 0 heterocycles. The van der Waals surface area contributed by atoms with Crippen LogP contribution in [0.25, 0.3) is 0 Å². The summed E-state index contributed by atoms with van der Waals surface area (Å²) in [6.07, 6.45) is 9.89. The molecule has 0 spiro atoms. The molecular weight excluding hydrogens is 184 g/mol. The zero-order valence-corrected chi connectivity index (χ0v) is 8.43. The summed E-state index contributed by atoms with van der Waals surface area (Å²) in [5.74, 6) is 0. The van der Waals surface area contributed by atoms with Crippen LogP contribution in [0.2, 0.25) is 0 Å². The van der Waals surface area contributed by atoms with Crippen LogP contribution in [-0.2, 0) is 0 Å². The Labute approximate surface area is 89.8 Å². The van der Waals surface area contributed by atoms with E-state index in [4.69, 9.17) is 5.73 Å². The quantitative estimate of drug-likeness (QED) is 0.766. The highest BCUT2D eigenvalue weighted by molar-refractivity contribution is 5.51. The van der Waals surface area contributed by atoms with E-state index in [9.17, 15) is 0 Å². The summed E-state index contributed by atoms with van der Waals surface area (Å²) >= 11 is 0. The van der Waals surface area contributed by atoms with Gasteiger partial charge in [-0.2, -0.15) is 0 Å². The number of nitrogens with two attached hydrogens (primary N) is 1. The number of allylic oxidation sites excluding steroid dienone is 3. The Morgan fingerprint density at radius 1 is 1.07 bits per heavy atom. The van der Waals surface area contributed by atoms with Gasteiger partial charge in [-0.05, 0) is 24.3 Å². The number of benzene rings is 1. The first-order valence-electron chi connectivity index (χ1n) is 4.99. The van der Waals surface area contributed by atoms with E-state index in [0.717, 1.165) is 11.4 Å². The van der Waals surface area contributed by atoms with Crippen molar-refractivity contribution >= 4 is 5.69 Å². The van der Waals surface area contributed by atoms with Crippen molar-refractivity contribution in [3.8, 4) is 0 Å². The van der Waals surface area contributed by atoms with Crippen molar-refractivity contribution in [3.05, 3.63) is 66.4 Å². The maximum Gasteiger partial charge on any atom is 0.0417 e. The lowest BCUT2D eigenvalue weighted by atomic mass is 10.2. The van der Waals surface area contributed by atoms with Crippen molar-refractivity contribution in [1.82, 2.24) is 0 Å². The summed E-state index contributed by atoms with van der Waals surface area (Å²) in [4.78, 5) is 0. The maximum atomic E-state index is 5.76. The molecule has 1 aromatic carbocycles. The van der Waals surface area contributed by atoms with Gasteiger partial charge >= 0.3 is 0 Å². The molecule has 0 saturated carbocycles. The number of anilines is 1. The molecule has 76 valence electrons. The fourth-order valence-electron chi connectivity index (χ4n) is 1.39. The van der Waals surface area contributed by atoms with Crippen LogP contribution in [-0.4, -0.2) is 6.04 Å². The van der Waals surface area contributed by atoms with Crippen LogP contribution < -0.4 is 11.1 Å². The van der Waals surface area contributed by atoms with Crippen LogP contribution in [0.3, 0.4) is 0 Å². The molecule has 0 fully saturated rings. The lowest BCUT2D eigenvalue weighted by molar-refractivity contribution is 1.03. The van der Waals surface area contributed by atoms with E-state index in [0.29, 0.717) is 0 Å². The van der Waals surface area contributed by atoms with Gasteiger partial charge in [-0.1, -0.05) is 36.4 Å². The highest BCUT2D eigenvalue weighted by atomic mass is 14.9. The van der Waals surface area contributed by atoms with Gasteiger partial charge in [-0.25, -0.2) is 0 Å². The fourth-order valence-corrected chi connectivity index (χ4v) is 1.39. The fraction of sp³-hybridized carbons (Fsp3) is 0.0769. The van der Waals surface area contributed by atoms with E-state index in [1.165, 1.54) is 0 Å². The first-order valence-corrected chi connectivity index (χ1v) is 4.99. The Balaban J connectivity index is 2.10. The molecule has 0 amide bonds. The average molecular weight is 198 g/mol. The second-order valence-electron chi connectivity index (χ2n) is 3.43. The topological polar surface area (TPSA) is 38.0 Å². The molecule has 0 aromatic heterocycles. The minimum Gasteiger partial charge on any atom is -0.356 e. The summed E-state index contributed by atoms with van der Waals surface area (Å²) < 4.78 is 0. The van der Waals surface area contributed by atoms with Crippen molar-refractivity contribution in [2.45, 2.75) is 6.04 Å². The monoisotopic (exact) mass is 198 g/mol. The van der Waals surface area contributed by atoms with E-state index in [1.807, 2.05) is 60.7 Å². The molecule has 15 heavy (non-hydrogen) atoms. The molecule has 1 aliphatic carbocycles. The summed E-state index contributed by atoms with van der Waals surface area (Å²) in [5, 5.41) is 3.31. The lowest BCUT2D eigenvalue weighted by Gasteiger charge is -2.05. The number of rotatable bonds is 2. The second-order valence-corrected chi connectivity index (χ2v) is 3.43. The molecule has 2 rings (SSSR count). The van der Waals surface area contributed by atoms with Gasteiger partial charge in [0.15, 0.2) is 0 Å². The summed E-state index contributed by atoms with van der Waals surface area (Å²) in [7, 11) is 0. The van der Waals surface area contributed by atoms with Crippen molar-refractivity contribution in [1.29, 1.82) is 0 Å². The minimum atomic E-state index is 0.0105. The van der Waals surface area contributed by atoms with E-state index in [2.05, 4.69) is 5.32 Å². The van der Waals surface area contributed by atoms with Gasteiger partial charge in [-0.15, -0.1) is 0 Å². The van der Waals surface area contributed by atoms with Crippen molar-refractivity contribution in [2.24, 2.45) is 5.73 Å². The molecule has 1 aromatic rings. The molecule has 1 aliphatic rings. The number of hydrogen-bond donors (Lipinski definition) is 2. The first-order chi connectivity index (χ1) is 7.34. The van der Waals surface area contributed by atoms with Gasteiger partial charge in [0.25, 0.3) is 0 Å². The highest BCUT2D eigenvalue weighted by Crippen LogP contribution is 2.11. The standard InChI is InChI=1S/C13H14N2/c14-11-5-4-8-13(10-9-11)15-12-6-2-1-3-7-12/h1-11,15H,14H2. The van der Waals surface area contributed by atoms with Crippen LogP contribution in [0.15, 0.2) is 66.4 Å². The number of para-hydroxylation sites is 1. The summed E-state index contributed by atoms with van der Waals surface area (Å²) in [5.41, 5.74) is 7.88. The Morgan fingerprint density at radius 2 is 1.87 bits per heavy atom. The third-order valence-electron chi connectivity index (χ3n) is 2.17. The van der Waals surface area contributed by atoms with Crippen LogP contribution in [0.1, 0.15) is 0 Å². The van der Waals surface area contributed by atoms with E-state index >= 15 is 0 Å². The smallest absolute Gasteiger partial charge is 0.0417 e. The third-order valence-corrected chi connectivity index (χ3v) is 2.17. The average Bonchev–Trinajstić information content (AvgIpc) is 2.46. The van der Waals surface area contributed by atoms with Gasteiger partial charge in [0.05, 0.1) is 0 Å². The third kappa shape index (κ3) is 2.82.